The van der Waals surface area contributed by atoms with Gasteiger partial charge in [0.15, 0.2) is 4.34 Å². The van der Waals surface area contributed by atoms with Crippen LogP contribution in [0.4, 0.5) is 0 Å². The van der Waals surface area contributed by atoms with Gasteiger partial charge in [0.25, 0.3) is 5.19 Å². The summed E-state index contributed by atoms with van der Waals surface area (Å²) in [6, 6.07) is 0. The van der Waals surface area contributed by atoms with E-state index in [2.05, 4.69) is 20.3 Å². The van der Waals surface area contributed by atoms with Crippen LogP contribution < -0.4 is 10.1 Å². The van der Waals surface area contributed by atoms with Crippen LogP contribution in [0.1, 0.15) is 26.7 Å². The molecule has 0 aliphatic heterocycles. The molecule has 9 heteroatoms. The van der Waals surface area contributed by atoms with Gasteiger partial charge in [0.2, 0.25) is 5.91 Å². The second kappa shape index (κ2) is 9.56. The van der Waals surface area contributed by atoms with E-state index in [-0.39, 0.29) is 23.7 Å². The number of amides is 1. The quantitative estimate of drug-likeness (QED) is 0.416. The van der Waals surface area contributed by atoms with Gasteiger partial charge in [-0.15, -0.1) is 5.10 Å². The summed E-state index contributed by atoms with van der Waals surface area (Å²) < 4.78 is 10.6. The summed E-state index contributed by atoms with van der Waals surface area (Å²) in [5.74, 6) is -0.120. The summed E-state index contributed by atoms with van der Waals surface area (Å²) >= 11 is 2.62. The van der Waals surface area contributed by atoms with Gasteiger partial charge < -0.3 is 14.8 Å². The summed E-state index contributed by atoms with van der Waals surface area (Å²) in [6.45, 7) is 4.28. The molecule has 1 aromatic heterocycles. The fourth-order valence-corrected chi connectivity index (χ4v) is 2.88. The predicted molar refractivity (Wildman–Crippen MR) is 80.7 cm³/mol. The molecule has 118 valence electrons. The number of hydrogen-bond donors (Lipinski definition) is 1. The van der Waals surface area contributed by atoms with Crippen LogP contribution >= 0.6 is 23.1 Å². The van der Waals surface area contributed by atoms with Crippen LogP contribution in [0.15, 0.2) is 4.34 Å². The molecule has 0 fully saturated rings. The zero-order valence-electron chi connectivity index (χ0n) is 12.2. The van der Waals surface area contributed by atoms with Crippen LogP contribution in [-0.2, 0) is 14.3 Å². The number of nitrogens with zero attached hydrogens (tertiary/aromatic N) is 2. The summed E-state index contributed by atoms with van der Waals surface area (Å²) in [4.78, 5) is 22.5. The molecule has 0 radical (unpaired) electrons. The molecule has 0 saturated carbocycles. The minimum atomic E-state index is -0.273. The van der Waals surface area contributed by atoms with E-state index in [1.807, 2.05) is 13.8 Å². The van der Waals surface area contributed by atoms with Crippen LogP contribution in [0.3, 0.4) is 0 Å². The molecule has 1 amide bonds. The average molecular weight is 333 g/mol. The highest BCUT2D eigenvalue weighted by Gasteiger charge is 2.10. The Balaban J connectivity index is 2.18. The molecule has 1 rings (SSSR count). The number of aromatic nitrogens is 2. The molecule has 0 aliphatic rings. The zero-order chi connectivity index (χ0) is 15.7. The normalized spacial score (nSPS) is 10.5. The molecule has 0 unspecified atom stereocenters. The number of carbonyl (C=O) groups excluding carboxylic acids is 2. The van der Waals surface area contributed by atoms with E-state index in [9.17, 15) is 9.59 Å². The number of hydrogen-bond acceptors (Lipinski definition) is 8. The summed E-state index contributed by atoms with van der Waals surface area (Å²) in [7, 11) is 1.34. The lowest BCUT2D eigenvalue weighted by atomic mass is 10.3. The Bertz CT molecular complexity index is 465. The largest absolute Gasteiger partial charge is 0.469 e. The Morgan fingerprint density at radius 1 is 1.38 bits per heavy atom. The van der Waals surface area contributed by atoms with Gasteiger partial charge in [0.1, 0.15) is 0 Å². The Morgan fingerprint density at radius 3 is 2.81 bits per heavy atom. The third kappa shape index (κ3) is 7.86. The molecule has 0 atom stereocenters. The van der Waals surface area contributed by atoms with Gasteiger partial charge in [0, 0.05) is 13.0 Å². The fourth-order valence-electron chi connectivity index (χ4n) is 1.25. The molecule has 0 saturated heterocycles. The standard InChI is InChI=1S/C12H19N3O4S2/c1-8(2)19-11-14-15-12(21-11)20-7-9(16)13-6-4-5-10(17)18-3/h8H,4-7H2,1-3H3,(H,13,16). The fraction of sp³-hybridized carbons (Fsp3) is 0.667. The number of methoxy groups -OCH3 is 1. The molecule has 21 heavy (non-hydrogen) atoms. The van der Waals surface area contributed by atoms with Crippen LogP contribution in [0, 0.1) is 0 Å². The topological polar surface area (TPSA) is 90.4 Å². The lowest BCUT2D eigenvalue weighted by Gasteiger charge is -2.03. The third-order valence-electron chi connectivity index (χ3n) is 2.16. The van der Waals surface area contributed by atoms with Gasteiger partial charge in [-0.25, -0.2) is 0 Å². The van der Waals surface area contributed by atoms with Crippen LogP contribution in [0.25, 0.3) is 0 Å². The van der Waals surface area contributed by atoms with Crippen LogP contribution in [0.5, 0.6) is 5.19 Å². The molecule has 1 N–H and O–H groups in total. The molecule has 7 nitrogen and oxygen atoms in total. The highest BCUT2D eigenvalue weighted by atomic mass is 32.2. The number of rotatable bonds is 9. The Hall–Kier alpha value is -1.35. The lowest BCUT2D eigenvalue weighted by molar-refractivity contribution is -0.140. The van der Waals surface area contributed by atoms with E-state index in [0.717, 1.165) is 0 Å². The van der Waals surface area contributed by atoms with Gasteiger partial charge in [-0.05, 0) is 31.6 Å². The van der Waals surface area contributed by atoms with Gasteiger partial charge in [-0.3, -0.25) is 9.59 Å². The molecule has 0 bridgehead atoms. The van der Waals surface area contributed by atoms with Crippen molar-refractivity contribution in [1.29, 1.82) is 0 Å². The Labute approximate surface area is 131 Å². The number of esters is 1. The maximum absolute atomic E-state index is 11.6. The minimum absolute atomic E-state index is 0.0499. The van der Waals surface area contributed by atoms with Crippen molar-refractivity contribution >= 4 is 35.0 Å². The number of ether oxygens (including phenoxy) is 2. The van der Waals surface area contributed by atoms with Crippen molar-refractivity contribution in [2.75, 3.05) is 19.4 Å². The highest BCUT2D eigenvalue weighted by molar-refractivity contribution is 8.01. The first-order valence-corrected chi connectivity index (χ1v) is 8.28. The number of thioether (sulfide) groups is 1. The Kier molecular flexibility index (Phi) is 8.06. The molecule has 1 aromatic rings. The van der Waals surface area contributed by atoms with Crippen molar-refractivity contribution in [2.45, 2.75) is 37.1 Å². The lowest BCUT2D eigenvalue weighted by Crippen LogP contribution is -2.26. The highest BCUT2D eigenvalue weighted by Crippen LogP contribution is 2.27. The molecule has 1 heterocycles. The second-order valence-electron chi connectivity index (χ2n) is 4.32. The monoisotopic (exact) mass is 333 g/mol. The maximum atomic E-state index is 11.6. The van der Waals surface area contributed by atoms with Crippen molar-refractivity contribution < 1.29 is 19.1 Å². The molecule has 0 spiro atoms. The van der Waals surface area contributed by atoms with Crippen molar-refractivity contribution in [3.8, 4) is 5.19 Å². The van der Waals surface area contributed by atoms with Crippen molar-refractivity contribution in [1.82, 2.24) is 15.5 Å². The first-order chi connectivity index (χ1) is 10.0. The van der Waals surface area contributed by atoms with E-state index in [1.165, 1.54) is 30.2 Å². The van der Waals surface area contributed by atoms with Gasteiger partial charge in [-0.1, -0.05) is 16.9 Å². The molecular weight excluding hydrogens is 314 g/mol. The maximum Gasteiger partial charge on any atom is 0.305 e. The van der Waals surface area contributed by atoms with Crippen LogP contribution in [-0.4, -0.2) is 47.6 Å². The number of nitrogens with one attached hydrogen (secondary N) is 1. The van der Waals surface area contributed by atoms with Gasteiger partial charge in [0.05, 0.1) is 19.0 Å². The van der Waals surface area contributed by atoms with Gasteiger partial charge in [-0.2, -0.15) is 0 Å². The number of carbonyl (C=O) groups is 2. The first-order valence-electron chi connectivity index (χ1n) is 6.47. The van der Waals surface area contributed by atoms with E-state index >= 15 is 0 Å². The second-order valence-corrected chi connectivity index (χ2v) is 6.48. The molecule has 0 aromatic carbocycles. The van der Waals surface area contributed by atoms with Gasteiger partial charge >= 0.3 is 5.97 Å². The minimum Gasteiger partial charge on any atom is -0.469 e. The molecule has 0 aliphatic carbocycles. The first kappa shape index (κ1) is 17.7. The van der Waals surface area contributed by atoms with E-state index in [4.69, 9.17) is 4.74 Å². The summed E-state index contributed by atoms with van der Waals surface area (Å²) in [5, 5.41) is 11.1. The predicted octanol–water partition coefficient (Wildman–Crippen LogP) is 1.49. The smallest absolute Gasteiger partial charge is 0.305 e. The van der Waals surface area contributed by atoms with E-state index in [1.54, 1.807) is 0 Å². The van der Waals surface area contributed by atoms with Crippen molar-refractivity contribution in [3.05, 3.63) is 0 Å². The summed E-state index contributed by atoms with van der Waals surface area (Å²) in [6.07, 6.45) is 0.915. The Morgan fingerprint density at radius 2 is 2.14 bits per heavy atom. The van der Waals surface area contributed by atoms with E-state index < -0.39 is 0 Å². The molecular formula is C12H19N3O4S2. The zero-order valence-corrected chi connectivity index (χ0v) is 13.9. The third-order valence-corrected chi connectivity index (χ3v) is 4.11. The average Bonchev–Trinajstić information content (AvgIpc) is 2.87. The van der Waals surface area contributed by atoms with Crippen molar-refractivity contribution in [3.63, 3.8) is 0 Å². The van der Waals surface area contributed by atoms with E-state index in [0.29, 0.717) is 28.9 Å². The van der Waals surface area contributed by atoms with Crippen molar-refractivity contribution in [2.24, 2.45) is 0 Å². The summed E-state index contributed by atoms with van der Waals surface area (Å²) in [5.41, 5.74) is 0. The SMILES string of the molecule is COC(=O)CCCNC(=O)CSc1nnc(OC(C)C)s1. The van der Waals surface area contributed by atoms with Crippen LogP contribution in [0.2, 0.25) is 0 Å².